The van der Waals surface area contributed by atoms with Crippen molar-refractivity contribution < 1.29 is 4.79 Å². The minimum atomic E-state index is -0.407. The number of benzene rings is 1. The Morgan fingerprint density at radius 3 is 2.94 bits per heavy atom. The molecule has 1 aromatic heterocycles. The first kappa shape index (κ1) is 10.7. The molecule has 0 saturated carbocycles. The molecule has 16 heavy (non-hydrogen) atoms. The summed E-state index contributed by atoms with van der Waals surface area (Å²) in [6.45, 7) is 0. The third-order valence-corrected chi connectivity index (χ3v) is 2.41. The number of nitrogens with zero attached hydrogens (tertiary/aromatic N) is 1. The van der Waals surface area contributed by atoms with Crippen LogP contribution in [0, 0.1) is 0 Å². The van der Waals surface area contributed by atoms with E-state index in [0.717, 1.165) is 11.9 Å². The Morgan fingerprint density at radius 1 is 1.44 bits per heavy atom. The van der Waals surface area contributed by atoms with E-state index in [2.05, 4.69) is 14.7 Å². The normalized spacial score (nSPS) is 10.3. The summed E-state index contributed by atoms with van der Waals surface area (Å²) in [6.07, 6.45) is 1.72. The van der Waals surface area contributed by atoms with Crippen LogP contribution in [0.25, 0.3) is 10.9 Å². The summed E-state index contributed by atoms with van der Waals surface area (Å²) in [5.74, 6) is -0.381. The van der Waals surface area contributed by atoms with E-state index in [1.807, 2.05) is 0 Å². The van der Waals surface area contributed by atoms with Crippen LogP contribution in [0.1, 0.15) is 10.6 Å². The molecular weight excluding hydrogens is 226 g/mol. The van der Waals surface area contributed by atoms with E-state index in [1.165, 1.54) is 0 Å². The third kappa shape index (κ3) is 1.92. The van der Waals surface area contributed by atoms with E-state index in [-0.39, 0.29) is 11.4 Å². The van der Waals surface area contributed by atoms with Crippen LogP contribution in [0.4, 0.5) is 0 Å². The largest absolute Gasteiger partial charge is 0.302 e. The number of hydrogen-bond acceptors (Lipinski definition) is 4. The molecule has 0 aliphatic rings. The molecule has 0 unspecified atom stereocenters. The van der Waals surface area contributed by atoms with E-state index in [4.69, 9.17) is 0 Å². The Labute approximate surface area is 95.4 Å². The molecule has 0 spiro atoms. The lowest BCUT2D eigenvalue weighted by Gasteiger charge is -2.01. The van der Waals surface area contributed by atoms with Crippen molar-refractivity contribution >= 4 is 28.8 Å². The van der Waals surface area contributed by atoms with Crippen molar-refractivity contribution in [2.24, 2.45) is 0 Å². The molecule has 0 saturated heterocycles. The molecule has 1 amide bonds. The number of aromatic amines is 1. The Kier molecular flexibility index (Phi) is 2.91. The molecule has 0 radical (unpaired) electrons. The zero-order valence-corrected chi connectivity index (χ0v) is 9.30. The summed E-state index contributed by atoms with van der Waals surface area (Å²) in [6, 6.07) is 6.88. The highest BCUT2D eigenvalue weighted by atomic mass is 32.2. The van der Waals surface area contributed by atoms with E-state index in [0.29, 0.717) is 10.9 Å². The number of carbonyl (C=O) groups is 1. The minimum absolute atomic E-state index is 0.0260. The first-order valence-corrected chi connectivity index (χ1v) is 5.77. The third-order valence-electron chi connectivity index (χ3n) is 2.02. The second kappa shape index (κ2) is 4.36. The summed E-state index contributed by atoms with van der Waals surface area (Å²) in [7, 11) is 0. The van der Waals surface area contributed by atoms with Gasteiger partial charge in [0.1, 0.15) is 0 Å². The molecule has 0 bridgehead atoms. The molecule has 5 nitrogen and oxygen atoms in total. The van der Waals surface area contributed by atoms with Gasteiger partial charge in [-0.15, -0.1) is 0 Å². The van der Waals surface area contributed by atoms with Gasteiger partial charge in [0.2, 0.25) is 5.82 Å². The van der Waals surface area contributed by atoms with Gasteiger partial charge in [0, 0.05) is 6.26 Å². The molecule has 0 atom stereocenters. The van der Waals surface area contributed by atoms with Gasteiger partial charge in [-0.1, -0.05) is 24.1 Å². The Balaban J connectivity index is 2.58. The summed E-state index contributed by atoms with van der Waals surface area (Å²) >= 11 is 1.15. The van der Waals surface area contributed by atoms with E-state index in [9.17, 15) is 9.59 Å². The topological polar surface area (TPSA) is 74.8 Å². The number of aromatic nitrogens is 2. The van der Waals surface area contributed by atoms with Crippen molar-refractivity contribution in [3.8, 4) is 0 Å². The van der Waals surface area contributed by atoms with Crippen molar-refractivity contribution in [1.29, 1.82) is 0 Å². The van der Waals surface area contributed by atoms with Gasteiger partial charge in [0.05, 0.1) is 10.9 Å². The van der Waals surface area contributed by atoms with Crippen LogP contribution in [-0.2, 0) is 0 Å². The molecule has 2 rings (SSSR count). The lowest BCUT2D eigenvalue weighted by molar-refractivity contribution is 0.0974. The Bertz CT molecular complexity index is 594. The number of H-pyrrole nitrogens is 1. The standard InChI is InChI=1S/C10H9N3O2S/c1-16-13-10(15)8-11-7-5-3-2-4-6(7)9(14)12-8/h2-5H,1H3,(H,13,15)(H,11,12,14). The fourth-order valence-electron chi connectivity index (χ4n) is 1.33. The van der Waals surface area contributed by atoms with Crippen LogP contribution in [0.2, 0.25) is 0 Å². The van der Waals surface area contributed by atoms with E-state index >= 15 is 0 Å². The number of carbonyl (C=O) groups excluding carboxylic acids is 1. The first-order valence-electron chi connectivity index (χ1n) is 4.55. The minimum Gasteiger partial charge on any atom is -0.302 e. The maximum Gasteiger partial charge on any atom is 0.296 e. The van der Waals surface area contributed by atoms with Crippen molar-refractivity contribution in [2.75, 3.05) is 6.26 Å². The fraction of sp³-hybridized carbons (Fsp3) is 0.100. The molecule has 1 heterocycles. The predicted octanol–water partition coefficient (Wildman–Crippen LogP) is 0.931. The number of para-hydroxylation sites is 1. The molecule has 2 aromatic rings. The average Bonchev–Trinajstić information content (AvgIpc) is 2.29. The Hall–Kier alpha value is -1.82. The van der Waals surface area contributed by atoms with Crippen molar-refractivity contribution in [3.05, 3.63) is 40.4 Å². The van der Waals surface area contributed by atoms with Gasteiger partial charge >= 0.3 is 0 Å². The van der Waals surface area contributed by atoms with Crippen LogP contribution < -0.4 is 10.3 Å². The SMILES string of the molecule is CSNC(=O)c1nc2ccccc2c(=O)[nH]1. The van der Waals surface area contributed by atoms with Gasteiger partial charge in [0.25, 0.3) is 11.5 Å². The summed E-state index contributed by atoms with van der Waals surface area (Å²) < 4.78 is 2.50. The van der Waals surface area contributed by atoms with Gasteiger partial charge in [0.15, 0.2) is 0 Å². The molecule has 2 N–H and O–H groups in total. The van der Waals surface area contributed by atoms with Gasteiger partial charge in [-0.25, -0.2) is 4.98 Å². The van der Waals surface area contributed by atoms with Crippen molar-refractivity contribution in [1.82, 2.24) is 14.7 Å². The summed E-state index contributed by atoms with van der Waals surface area (Å²) in [5.41, 5.74) is 0.203. The van der Waals surface area contributed by atoms with Gasteiger partial charge in [-0.05, 0) is 12.1 Å². The van der Waals surface area contributed by atoms with Gasteiger partial charge in [-0.3, -0.25) is 14.3 Å². The maximum atomic E-state index is 11.6. The number of hydrogen-bond donors (Lipinski definition) is 2. The fourth-order valence-corrected chi connectivity index (χ4v) is 1.62. The van der Waals surface area contributed by atoms with E-state index < -0.39 is 5.91 Å². The van der Waals surface area contributed by atoms with Gasteiger partial charge < -0.3 is 4.98 Å². The summed E-state index contributed by atoms with van der Waals surface area (Å²) in [5, 5.41) is 0.475. The van der Waals surface area contributed by atoms with Crippen LogP contribution in [0.15, 0.2) is 29.1 Å². The van der Waals surface area contributed by atoms with Crippen LogP contribution in [0.5, 0.6) is 0 Å². The number of amides is 1. The molecular formula is C10H9N3O2S. The van der Waals surface area contributed by atoms with Crippen molar-refractivity contribution in [3.63, 3.8) is 0 Å². The molecule has 82 valence electrons. The Morgan fingerprint density at radius 2 is 2.19 bits per heavy atom. The highest BCUT2D eigenvalue weighted by Gasteiger charge is 2.09. The monoisotopic (exact) mass is 235 g/mol. The maximum absolute atomic E-state index is 11.6. The van der Waals surface area contributed by atoms with Crippen LogP contribution in [0.3, 0.4) is 0 Å². The molecule has 0 aliphatic heterocycles. The second-order valence-corrected chi connectivity index (χ2v) is 3.68. The second-order valence-electron chi connectivity index (χ2n) is 3.07. The number of fused-ring (bicyclic) bond motifs is 1. The predicted molar refractivity (Wildman–Crippen MR) is 63.3 cm³/mol. The zero-order chi connectivity index (χ0) is 11.5. The van der Waals surface area contributed by atoms with Crippen molar-refractivity contribution in [2.45, 2.75) is 0 Å². The number of nitrogens with one attached hydrogen (secondary N) is 2. The smallest absolute Gasteiger partial charge is 0.296 e. The molecule has 0 aliphatic carbocycles. The molecule has 1 aromatic carbocycles. The quantitative estimate of drug-likeness (QED) is 0.759. The summed E-state index contributed by atoms with van der Waals surface area (Å²) in [4.78, 5) is 29.6. The highest BCUT2D eigenvalue weighted by Crippen LogP contribution is 2.05. The van der Waals surface area contributed by atoms with Gasteiger partial charge in [-0.2, -0.15) is 0 Å². The average molecular weight is 235 g/mol. The lowest BCUT2D eigenvalue weighted by Crippen LogP contribution is -2.23. The molecule has 6 heteroatoms. The van der Waals surface area contributed by atoms with Crippen LogP contribution >= 0.6 is 11.9 Å². The van der Waals surface area contributed by atoms with Crippen LogP contribution in [-0.4, -0.2) is 22.1 Å². The van der Waals surface area contributed by atoms with E-state index in [1.54, 1.807) is 30.5 Å². The molecule has 0 fully saturated rings. The number of rotatable bonds is 2. The lowest BCUT2D eigenvalue weighted by atomic mass is 10.2. The highest BCUT2D eigenvalue weighted by molar-refractivity contribution is 7.97. The first-order chi connectivity index (χ1) is 7.72. The zero-order valence-electron chi connectivity index (χ0n) is 8.48.